The van der Waals surface area contributed by atoms with Crippen LogP contribution in [0, 0.1) is 29.0 Å². The third kappa shape index (κ3) is 3.16. The highest BCUT2D eigenvalue weighted by atomic mass is 19.4. The lowest BCUT2D eigenvalue weighted by molar-refractivity contribution is -0.199. The Balaban J connectivity index is 1.54. The zero-order chi connectivity index (χ0) is 22.0. The van der Waals surface area contributed by atoms with E-state index in [9.17, 15) is 22.7 Å². The van der Waals surface area contributed by atoms with Crippen LogP contribution < -0.4 is 0 Å². The molecule has 1 saturated carbocycles. The van der Waals surface area contributed by atoms with E-state index in [0.29, 0.717) is 19.3 Å². The van der Waals surface area contributed by atoms with Gasteiger partial charge in [0.15, 0.2) is 0 Å². The summed E-state index contributed by atoms with van der Waals surface area (Å²) >= 11 is 0. The van der Waals surface area contributed by atoms with Crippen LogP contribution in [0.4, 0.5) is 17.6 Å². The summed E-state index contributed by atoms with van der Waals surface area (Å²) in [7, 11) is 0. The summed E-state index contributed by atoms with van der Waals surface area (Å²) in [5, 5.41) is 14.4. The van der Waals surface area contributed by atoms with E-state index in [4.69, 9.17) is 0 Å². The molecule has 0 bridgehead atoms. The van der Waals surface area contributed by atoms with Gasteiger partial charge in [-0.05, 0) is 67.5 Å². The highest BCUT2D eigenvalue weighted by Crippen LogP contribution is 2.58. The lowest BCUT2D eigenvalue weighted by atomic mass is 9.54. The summed E-state index contributed by atoms with van der Waals surface area (Å²) in [5.41, 5.74) is 4.59. The monoisotopic (exact) mass is 432 g/mol. The zero-order valence-electron chi connectivity index (χ0n) is 17.2. The van der Waals surface area contributed by atoms with Crippen molar-refractivity contribution in [3.05, 3.63) is 64.8 Å². The molecular weight excluding hydrogens is 408 g/mol. The van der Waals surface area contributed by atoms with Gasteiger partial charge in [0.1, 0.15) is 5.82 Å². The molecular formula is C24H24F4N2O. The average Bonchev–Trinajstić information content (AvgIpc) is 3.13. The first-order chi connectivity index (χ1) is 14.7. The smallest absolute Gasteiger partial charge is 0.392 e. The SMILES string of the molecule is C[C@]12Cc3cnn(-c4ccc(F)cc4)c3C=C1CC[C@H]1C2=CC[C@@H](C(F)(F)F)[C@@H]1CO. The molecule has 0 radical (unpaired) electrons. The molecule has 7 heteroatoms. The predicted octanol–water partition coefficient (Wildman–Crippen LogP) is 5.48. The van der Waals surface area contributed by atoms with Crippen molar-refractivity contribution in [1.82, 2.24) is 9.78 Å². The highest BCUT2D eigenvalue weighted by Gasteiger charge is 2.53. The summed E-state index contributed by atoms with van der Waals surface area (Å²) in [4.78, 5) is 0. The van der Waals surface area contributed by atoms with Gasteiger partial charge in [-0.2, -0.15) is 18.3 Å². The van der Waals surface area contributed by atoms with Gasteiger partial charge in [-0.3, -0.25) is 0 Å². The Hall–Kier alpha value is -2.41. The molecule has 0 aliphatic heterocycles. The minimum Gasteiger partial charge on any atom is -0.396 e. The molecule has 3 aliphatic carbocycles. The van der Waals surface area contributed by atoms with Crippen molar-refractivity contribution in [3.8, 4) is 5.69 Å². The molecule has 1 fully saturated rings. The quantitative estimate of drug-likeness (QED) is 0.504. The second kappa shape index (κ2) is 7.05. The molecule has 0 saturated heterocycles. The molecule has 0 spiro atoms. The molecule has 5 rings (SSSR count). The molecule has 2 aromatic rings. The molecule has 31 heavy (non-hydrogen) atoms. The van der Waals surface area contributed by atoms with Gasteiger partial charge in [-0.1, -0.05) is 24.1 Å². The van der Waals surface area contributed by atoms with Crippen LogP contribution in [0.5, 0.6) is 0 Å². The molecule has 0 unspecified atom stereocenters. The molecule has 3 nitrogen and oxygen atoms in total. The number of benzene rings is 1. The van der Waals surface area contributed by atoms with Crippen LogP contribution in [0.3, 0.4) is 0 Å². The Kier molecular flexibility index (Phi) is 4.66. The summed E-state index contributed by atoms with van der Waals surface area (Å²) < 4.78 is 55.8. The number of nitrogens with zero attached hydrogens (tertiary/aromatic N) is 2. The van der Waals surface area contributed by atoms with E-state index in [0.717, 1.165) is 22.5 Å². The molecule has 1 N–H and O–H groups in total. The van der Waals surface area contributed by atoms with Crippen molar-refractivity contribution in [2.45, 2.75) is 38.8 Å². The van der Waals surface area contributed by atoms with Gasteiger partial charge in [-0.25, -0.2) is 9.07 Å². The number of hydrogen-bond donors (Lipinski definition) is 1. The zero-order valence-corrected chi connectivity index (χ0v) is 17.2. The normalized spacial score (nSPS) is 30.1. The fourth-order valence-electron chi connectivity index (χ4n) is 5.96. The third-order valence-corrected chi connectivity index (χ3v) is 7.54. The molecule has 1 heterocycles. The van der Waals surface area contributed by atoms with Crippen LogP contribution in [0.2, 0.25) is 0 Å². The highest BCUT2D eigenvalue weighted by molar-refractivity contribution is 5.63. The van der Waals surface area contributed by atoms with Gasteiger partial charge < -0.3 is 5.11 Å². The van der Waals surface area contributed by atoms with Gasteiger partial charge in [0.2, 0.25) is 0 Å². The second-order valence-corrected chi connectivity index (χ2v) is 9.16. The Bertz CT molecular complexity index is 1070. The Morgan fingerprint density at radius 1 is 1.23 bits per heavy atom. The summed E-state index contributed by atoms with van der Waals surface area (Å²) in [6.07, 6.45) is 3.26. The van der Waals surface area contributed by atoms with E-state index < -0.39 is 24.6 Å². The maximum absolute atomic E-state index is 13.6. The van der Waals surface area contributed by atoms with E-state index >= 15 is 0 Å². The van der Waals surface area contributed by atoms with Gasteiger partial charge in [0.05, 0.1) is 23.5 Å². The van der Waals surface area contributed by atoms with E-state index in [1.54, 1.807) is 29.1 Å². The minimum atomic E-state index is -4.30. The number of hydrogen-bond acceptors (Lipinski definition) is 2. The maximum Gasteiger partial charge on any atom is 0.392 e. The lowest BCUT2D eigenvalue weighted by Crippen LogP contribution is -2.46. The van der Waals surface area contributed by atoms with Crippen molar-refractivity contribution in [1.29, 1.82) is 0 Å². The number of aromatic nitrogens is 2. The number of fused-ring (bicyclic) bond motifs is 4. The predicted molar refractivity (Wildman–Crippen MR) is 109 cm³/mol. The third-order valence-electron chi connectivity index (χ3n) is 7.54. The van der Waals surface area contributed by atoms with Crippen LogP contribution in [0.1, 0.15) is 37.4 Å². The van der Waals surface area contributed by atoms with E-state index in [-0.39, 0.29) is 23.6 Å². The van der Waals surface area contributed by atoms with Crippen LogP contribution >= 0.6 is 0 Å². The number of aliphatic hydroxyl groups is 1. The minimum absolute atomic E-state index is 0.0782. The Morgan fingerprint density at radius 3 is 2.65 bits per heavy atom. The largest absolute Gasteiger partial charge is 0.396 e. The maximum atomic E-state index is 13.6. The summed E-state index contributed by atoms with van der Waals surface area (Å²) in [5.74, 6) is -2.85. The number of allylic oxidation sites excluding steroid dienone is 3. The molecule has 4 atom stereocenters. The van der Waals surface area contributed by atoms with Gasteiger partial charge in [0, 0.05) is 17.9 Å². The fourth-order valence-corrected chi connectivity index (χ4v) is 5.96. The number of rotatable bonds is 2. The van der Waals surface area contributed by atoms with Crippen molar-refractivity contribution in [3.63, 3.8) is 0 Å². The van der Waals surface area contributed by atoms with Crippen LogP contribution in [0.15, 0.2) is 47.7 Å². The fraction of sp³-hybridized carbons (Fsp3) is 0.458. The van der Waals surface area contributed by atoms with E-state index in [1.165, 1.54) is 17.7 Å². The van der Waals surface area contributed by atoms with Gasteiger partial charge in [0.25, 0.3) is 0 Å². The second-order valence-electron chi connectivity index (χ2n) is 9.16. The summed E-state index contributed by atoms with van der Waals surface area (Å²) in [6.45, 7) is 1.66. The Morgan fingerprint density at radius 2 is 1.97 bits per heavy atom. The number of aliphatic hydroxyl groups excluding tert-OH is 1. The van der Waals surface area contributed by atoms with Gasteiger partial charge >= 0.3 is 6.18 Å². The number of halogens is 4. The first-order valence-corrected chi connectivity index (χ1v) is 10.6. The molecule has 3 aliphatic rings. The number of alkyl halides is 3. The van der Waals surface area contributed by atoms with E-state index in [1.807, 2.05) is 0 Å². The van der Waals surface area contributed by atoms with Crippen molar-refractivity contribution in [2.75, 3.05) is 6.61 Å². The molecule has 164 valence electrons. The average molecular weight is 432 g/mol. The van der Waals surface area contributed by atoms with Crippen molar-refractivity contribution < 1.29 is 22.7 Å². The van der Waals surface area contributed by atoms with Crippen LogP contribution in [-0.2, 0) is 6.42 Å². The van der Waals surface area contributed by atoms with Crippen LogP contribution in [0.25, 0.3) is 11.8 Å². The molecule has 1 aromatic carbocycles. The first kappa shape index (κ1) is 20.5. The van der Waals surface area contributed by atoms with Crippen molar-refractivity contribution in [2.24, 2.45) is 23.2 Å². The lowest BCUT2D eigenvalue weighted by Gasteiger charge is -2.51. The van der Waals surface area contributed by atoms with Crippen LogP contribution in [-0.4, -0.2) is 27.7 Å². The topological polar surface area (TPSA) is 38.0 Å². The molecule has 0 amide bonds. The standard InChI is InChI=1S/C24H24F4N2O/c1-23-11-14-12-29-30(17-5-3-16(25)4-6-17)22(14)10-15(23)2-7-18-19(13-31)21(24(26,27)28)9-8-20(18)23/h3-6,8,10,12,18-19,21,31H,2,7,9,11,13H2,1H3/t18-,19-,21-,23+/m1/s1. The summed E-state index contributed by atoms with van der Waals surface area (Å²) in [6, 6.07) is 6.15. The van der Waals surface area contributed by atoms with Crippen molar-refractivity contribution >= 4 is 6.08 Å². The van der Waals surface area contributed by atoms with Gasteiger partial charge in [-0.15, -0.1) is 0 Å². The first-order valence-electron chi connectivity index (χ1n) is 10.6. The molecule has 1 aromatic heterocycles. The van der Waals surface area contributed by atoms with E-state index in [2.05, 4.69) is 18.1 Å². The Labute approximate surface area is 178 Å².